The molecule has 0 atom stereocenters. The number of amides is 1. The van der Waals surface area contributed by atoms with Crippen LogP contribution in [-0.2, 0) is 24.2 Å². The molecule has 0 saturated carbocycles. The first-order chi connectivity index (χ1) is 13.6. The molecule has 1 aliphatic rings. The molecular weight excluding hydrogens is 350 g/mol. The summed E-state index contributed by atoms with van der Waals surface area (Å²) in [5.41, 5.74) is 8.16. The smallest absolute Gasteiger partial charge is 0.241 e. The van der Waals surface area contributed by atoms with Crippen molar-refractivity contribution in [1.82, 2.24) is 9.99 Å². The average molecular weight is 375 g/mol. The van der Waals surface area contributed by atoms with Gasteiger partial charge in [0.15, 0.2) is 0 Å². The minimum absolute atomic E-state index is 0.109. The Hall–Kier alpha value is -3.08. The van der Waals surface area contributed by atoms with Crippen molar-refractivity contribution in [1.29, 1.82) is 0 Å². The molecule has 4 rings (SSSR count). The normalized spacial score (nSPS) is 14.1. The number of nitrogens with zero attached hydrogens (tertiary/aromatic N) is 2. The average Bonchev–Trinajstić information content (AvgIpc) is 3.04. The Morgan fingerprint density at radius 2 is 1.96 bits per heavy atom. The number of nitrogens with one attached hydrogen (secondary N) is 1. The molecule has 0 unspecified atom stereocenters. The van der Waals surface area contributed by atoms with E-state index in [0.29, 0.717) is 18.7 Å². The quantitative estimate of drug-likeness (QED) is 0.519. The number of para-hydroxylation sites is 1. The van der Waals surface area contributed by atoms with Gasteiger partial charge in [0.1, 0.15) is 5.75 Å². The molecule has 0 aliphatic heterocycles. The van der Waals surface area contributed by atoms with Gasteiger partial charge in [0, 0.05) is 35.1 Å². The van der Waals surface area contributed by atoms with Gasteiger partial charge in [-0.1, -0.05) is 30.3 Å². The van der Waals surface area contributed by atoms with E-state index in [1.165, 1.54) is 35.0 Å². The maximum atomic E-state index is 12.4. The molecule has 5 nitrogen and oxygen atoms in total. The van der Waals surface area contributed by atoms with Crippen molar-refractivity contribution < 1.29 is 9.90 Å². The summed E-state index contributed by atoms with van der Waals surface area (Å²) in [6, 6.07) is 15.3. The highest BCUT2D eigenvalue weighted by Crippen LogP contribution is 2.32. The molecule has 1 heterocycles. The lowest BCUT2D eigenvalue weighted by Gasteiger charge is -2.15. The van der Waals surface area contributed by atoms with Gasteiger partial charge in [0.2, 0.25) is 5.91 Å². The van der Waals surface area contributed by atoms with Crippen LogP contribution in [0, 0.1) is 0 Å². The molecule has 144 valence electrons. The van der Waals surface area contributed by atoms with Crippen LogP contribution in [0.2, 0.25) is 0 Å². The lowest BCUT2D eigenvalue weighted by Crippen LogP contribution is -2.21. The third kappa shape index (κ3) is 3.65. The summed E-state index contributed by atoms with van der Waals surface area (Å²) in [5.74, 6) is 0.0736. The van der Waals surface area contributed by atoms with E-state index in [-0.39, 0.29) is 11.7 Å². The molecule has 0 radical (unpaired) electrons. The Morgan fingerprint density at radius 1 is 1.14 bits per heavy atom. The number of phenols is 1. The van der Waals surface area contributed by atoms with Crippen molar-refractivity contribution in [3.05, 3.63) is 65.4 Å². The van der Waals surface area contributed by atoms with Gasteiger partial charge in [-0.2, -0.15) is 5.10 Å². The van der Waals surface area contributed by atoms with Gasteiger partial charge < -0.3 is 9.67 Å². The van der Waals surface area contributed by atoms with Gasteiger partial charge in [-0.05, 0) is 56.4 Å². The number of phenolic OH excluding ortho intramolecular Hbond substituents is 1. The maximum absolute atomic E-state index is 12.4. The fourth-order valence-electron chi connectivity index (χ4n) is 4.05. The number of hydrazone groups is 1. The molecule has 0 spiro atoms. The van der Waals surface area contributed by atoms with Crippen LogP contribution in [0.15, 0.2) is 53.6 Å². The van der Waals surface area contributed by atoms with Gasteiger partial charge in [0.05, 0.1) is 5.71 Å². The lowest BCUT2D eigenvalue weighted by atomic mass is 9.95. The molecule has 5 heteroatoms. The molecule has 0 fully saturated rings. The van der Waals surface area contributed by atoms with Crippen LogP contribution < -0.4 is 5.43 Å². The molecule has 0 bridgehead atoms. The van der Waals surface area contributed by atoms with Crippen LogP contribution in [0.5, 0.6) is 5.75 Å². The van der Waals surface area contributed by atoms with Gasteiger partial charge in [-0.3, -0.25) is 4.79 Å². The minimum Gasteiger partial charge on any atom is -0.508 e. The van der Waals surface area contributed by atoms with E-state index < -0.39 is 0 Å². The second kappa shape index (κ2) is 7.89. The molecule has 1 aliphatic carbocycles. The minimum atomic E-state index is -0.109. The summed E-state index contributed by atoms with van der Waals surface area (Å²) in [4.78, 5) is 12.4. The van der Waals surface area contributed by atoms with E-state index in [0.717, 1.165) is 18.4 Å². The second-order valence-electron chi connectivity index (χ2n) is 7.33. The SMILES string of the molecule is C/C(=N/NC(=O)CCn1c2c(c3ccccc31)CCCC2)c1cccc(O)c1. The highest BCUT2D eigenvalue weighted by Gasteiger charge is 2.19. The van der Waals surface area contributed by atoms with Crippen molar-refractivity contribution in [2.45, 2.75) is 45.6 Å². The number of aromatic hydroxyl groups is 1. The van der Waals surface area contributed by atoms with Crippen molar-refractivity contribution in [3.8, 4) is 5.75 Å². The van der Waals surface area contributed by atoms with Gasteiger partial charge in [-0.15, -0.1) is 0 Å². The van der Waals surface area contributed by atoms with Crippen LogP contribution in [-0.4, -0.2) is 21.3 Å². The number of hydrogen-bond donors (Lipinski definition) is 2. The predicted molar refractivity (Wildman–Crippen MR) is 112 cm³/mol. The molecule has 0 saturated heterocycles. The number of carbonyl (C=O) groups excluding carboxylic acids is 1. The third-order valence-electron chi connectivity index (χ3n) is 5.46. The molecule has 2 aromatic carbocycles. The number of carbonyl (C=O) groups is 1. The topological polar surface area (TPSA) is 66.6 Å². The van der Waals surface area contributed by atoms with E-state index in [2.05, 4.69) is 39.4 Å². The van der Waals surface area contributed by atoms with Crippen molar-refractivity contribution in [2.75, 3.05) is 0 Å². The first-order valence-electron chi connectivity index (χ1n) is 9.85. The molecule has 2 N–H and O–H groups in total. The maximum Gasteiger partial charge on any atom is 0.241 e. The fraction of sp³-hybridized carbons (Fsp3) is 0.304. The first kappa shape index (κ1) is 18.3. The van der Waals surface area contributed by atoms with Crippen LogP contribution in [0.3, 0.4) is 0 Å². The molecule has 28 heavy (non-hydrogen) atoms. The molecule has 1 aromatic heterocycles. The number of aromatic nitrogens is 1. The summed E-state index contributed by atoms with van der Waals surface area (Å²) in [6.07, 6.45) is 5.04. The second-order valence-corrected chi connectivity index (χ2v) is 7.33. The Bertz CT molecular complexity index is 1050. The van der Waals surface area contributed by atoms with E-state index in [1.54, 1.807) is 18.2 Å². The molecular formula is C23H25N3O2. The zero-order valence-electron chi connectivity index (χ0n) is 16.1. The Morgan fingerprint density at radius 3 is 2.82 bits per heavy atom. The molecule has 3 aromatic rings. The predicted octanol–water partition coefficient (Wildman–Crippen LogP) is 4.16. The van der Waals surface area contributed by atoms with E-state index >= 15 is 0 Å². The monoisotopic (exact) mass is 375 g/mol. The standard InChI is InChI=1S/C23H25N3O2/c1-16(17-7-6-8-18(27)15-17)24-25-23(28)13-14-26-21-11-4-2-9-19(21)20-10-3-5-12-22(20)26/h2,4,6-9,11,15,27H,3,5,10,12-14H2,1H3,(H,25,28)/b24-16-. The summed E-state index contributed by atoms with van der Waals surface area (Å²) >= 11 is 0. The number of benzene rings is 2. The Kier molecular flexibility index (Phi) is 5.15. The van der Waals surface area contributed by atoms with Crippen LogP contribution >= 0.6 is 0 Å². The lowest BCUT2D eigenvalue weighted by molar-refractivity contribution is -0.121. The van der Waals surface area contributed by atoms with E-state index in [4.69, 9.17) is 0 Å². The highest BCUT2D eigenvalue weighted by molar-refractivity contribution is 5.99. The van der Waals surface area contributed by atoms with E-state index in [1.807, 2.05) is 13.0 Å². The van der Waals surface area contributed by atoms with Crippen LogP contribution in [0.25, 0.3) is 10.9 Å². The zero-order chi connectivity index (χ0) is 19.5. The van der Waals surface area contributed by atoms with E-state index in [9.17, 15) is 9.90 Å². The zero-order valence-corrected chi connectivity index (χ0v) is 16.1. The first-order valence-corrected chi connectivity index (χ1v) is 9.85. The number of hydrogen-bond acceptors (Lipinski definition) is 3. The number of rotatable bonds is 5. The summed E-state index contributed by atoms with van der Waals surface area (Å²) in [6.45, 7) is 2.47. The van der Waals surface area contributed by atoms with Gasteiger partial charge >= 0.3 is 0 Å². The highest BCUT2D eigenvalue weighted by atomic mass is 16.3. The van der Waals surface area contributed by atoms with Crippen LogP contribution in [0.4, 0.5) is 0 Å². The Balaban J connectivity index is 1.46. The summed E-state index contributed by atoms with van der Waals surface area (Å²) < 4.78 is 2.31. The molecule has 1 amide bonds. The summed E-state index contributed by atoms with van der Waals surface area (Å²) in [7, 11) is 0. The fourth-order valence-corrected chi connectivity index (χ4v) is 4.05. The third-order valence-corrected chi connectivity index (χ3v) is 5.46. The largest absolute Gasteiger partial charge is 0.508 e. The van der Waals surface area contributed by atoms with Gasteiger partial charge in [0.25, 0.3) is 0 Å². The number of aryl methyl sites for hydroxylation is 2. The number of fused-ring (bicyclic) bond motifs is 3. The van der Waals surface area contributed by atoms with Gasteiger partial charge in [-0.25, -0.2) is 5.43 Å². The van der Waals surface area contributed by atoms with Crippen molar-refractivity contribution in [2.24, 2.45) is 5.10 Å². The Labute approximate surface area is 164 Å². The van der Waals surface area contributed by atoms with Crippen molar-refractivity contribution in [3.63, 3.8) is 0 Å². The van der Waals surface area contributed by atoms with Crippen molar-refractivity contribution >= 4 is 22.5 Å². The summed E-state index contributed by atoms with van der Waals surface area (Å²) in [5, 5.41) is 15.1. The van der Waals surface area contributed by atoms with Crippen LogP contribution in [0.1, 0.15) is 43.0 Å².